The lowest BCUT2D eigenvalue weighted by Crippen LogP contribution is -2.30. The second kappa shape index (κ2) is 5.49. The first kappa shape index (κ1) is 13.0. The van der Waals surface area contributed by atoms with Crippen LogP contribution in [0.3, 0.4) is 0 Å². The Hall–Kier alpha value is -2.41. The van der Waals surface area contributed by atoms with Crippen molar-refractivity contribution in [2.24, 2.45) is 0 Å². The largest absolute Gasteiger partial charge is 0.479 e. The molecule has 1 heterocycles. The van der Waals surface area contributed by atoms with Crippen molar-refractivity contribution in [1.82, 2.24) is 15.5 Å². The molecule has 0 spiro atoms. The molecule has 0 saturated carbocycles. The van der Waals surface area contributed by atoms with Crippen LogP contribution < -0.4 is 5.32 Å². The van der Waals surface area contributed by atoms with Crippen molar-refractivity contribution < 1.29 is 19.8 Å². The lowest BCUT2D eigenvalue weighted by Gasteiger charge is -2.07. The number of aliphatic hydroxyl groups excluding tert-OH is 1. The monoisotopic (exact) mass is 263 g/mol. The quantitative estimate of drug-likeness (QED) is 0.612. The molecule has 4 N–H and O–H groups in total. The number of aromatic nitrogens is 2. The summed E-state index contributed by atoms with van der Waals surface area (Å²) in [4.78, 5) is 22.2. The second-order valence-electron chi connectivity index (χ2n) is 4.07. The number of H-pyrrole nitrogens is 1. The molecule has 0 aliphatic rings. The molecule has 2 rings (SSSR count). The summed E-state index contributed by atoms with van der Waals surface area (Å²) in [6.07, 6.45) is 0.156. The molecule has 0 aliphatic carbocycles. The van der Waals surface area contributed by atoms with Crippen molar-refractivity contribution in [2.75, 3.05) is 6.54 Å². The van der Waals surface area contributed by atoms with Gasteiger partial charge < -0.3 is 15.5 Å². The molecule has 7 heteroatoms. The molecule has 0 saturated heterocycles. The van der Waals surface area contributed by atoms with Gasteiger partial charge in [-0.25, -0.2) is 4.79 Å². The molecular weight excluding hydrogens is 250 g/mol. The van der Waals surface area contributed by atoms with Crippen LogP contribution in [0.5, 0.6) is 0 Å². The average Bonchev–Trinajstić information content (AvgIpc) is 2.85. The Morgan fingerprint density at radius 3 is 2.95 bits per heavy atom. The third-order valence-electron chi connectivity index (χ3n) is 2.69. The lowest BCUT2D eigenvalue weighted by atomic mass is 10.1. The Morgan fingerprint density at radius 1 is 1.42 bits per heavy atom. The number of aromatic amines is 1. The van der Waals surface area contributed by atoms with E-state index in [1.165, 1.54) is 0 Å². The van der Waals surface area contributed by atoms with E-state index < -0.39 is 12.1 Å². The van der Waals surface area contributed by atoms with E-state index in [-0.39, 0.29) is 18.9 Å². The summed E-state index contributed by atoms with van der Waals surface area (Å²) in [6.45, 7) is 0.0906. The third kappa shape index (κ3) is 3.08. The minimum absolute atomic E-state index is 0.0344. The number of hydrogen-bond acceptors (Lipinski definition) is 4. The number of nitrogens with zero attached hydrogens (tertiary/aromatic N) is 1. The summed E-state index contributed by atoms with van der Waals surface area (Å²) in [5.74, 6) is -1.62. The van der Waals surface area contributed by atoms with Crippen molar-refractivity contribution in [3.05, 3.63) is 30.0 Å². The molecule has 1 aromatic carbocycles. The van der Waals surface area contributed by atoms with Crippen molar-refractivity contribution >= 4 is 22.8 Å². The van der Waals surface area contributed by atoms with Gasteiger partial charge >= 0.3 is 5.97 Å². The van der Waals surface area contributed by atoms with E-state index in [4.69, 9.17) is 10.2 Å². The van der Waals surface area contributed by atoms with Gasteiger partial charge in [-0.1, -0.05) is 6.07 Å². The van der Waals surface area contributed by atoms with Gasteiger partial charge in [-0.05, 0) is 12.1 Å². The number of rotatable bonds is 5. The summed E-state index contributed by atoms with van der Waals surface area (Å²) in [7, 11) is 0. The van der Waals surface area contributed by atoms with Crippen LogP contribution >= 0.6 is 0 Å². The molecule has 7 nitrogen and oxygen atoms in total. The smallest absolute Gasteiger partial charge is 0.332 e. The number of aliphatic hydroxyl groups is 1. The third-order valence-corrected chi connectivity index (χ3v) is 2.69. The summed E-state index contributed by atoms with van der Waals surface area (Å²) in [5, 5.41) is 27.6. The maximum atomic E-state index is 11.8. The highest BCUT2D eigenvalue weighted by molar-refractivity contribution is 5.97. The second-order valence-corrected chi connectivity index (χ2v) is 4.07. The number of carbonyl (C=O) groups is 2. The molecule has 2 aromatic rings. The molecule has 0 unspecified atom stereocenters. The molecule has 0 fully saturated rings. The molecule has 1 atom stereocenters. The highest BCUT2D eigenvalue weighted by Gasteiger charge is 2.13. The molecule has 0 bridgehead atoms. The van der Waals surface area contributed by atoms with Gasteiger partial charge in [0.15, 0.2) is 6.10 Å². The summed E-state index contributed by atoms with van der Waals surface area (Å²) < 4.78 is 0. The molecule has 0 radical (unpaired) electrons. The lowest BCUT2D eigenvalue weighted by molar-refractivity contribution is -0.146. The minimum Gasteiger partial charge on any atom is -0.479 e. The van der Waals surface area contributed by atoms with Crippen LogP contribution in [0.2, 0.25) is 0 Å². The predicted molar refractivity (Wildman–Crippen MR) is 66.7 cm³/mol. The van der Waals surface area contributed by atoms with E-state index in [1.54, 1.807) is 24.4 Å². The van der Waals surface area contributed by atoms with E-state index in [0.717, 1.165) is 10.9 Å². The Labute approximate surface area is 108 Å². The number of carboxylic acids is 1. The zero-order valence-corrected chi connectivity index (χ0v) is 9.96. The van der Waals surface area contributed by atoms with Crippen LogP contribution in [-0.4, -0.2) is 44.9 Å². The zero-order chi connectivity index (χ0) is 13.8. The first-order valence-electron chi connectivity index (χ1n) is 5.70. The molecule has 100 valence electrons. The minimum atomic E-state index is -1.46. The van der Waals surface area contributed by atoms with Crippen LogP contribution in [0.4, 0.5) is 0 Å². The van der Waals surface area contributed by atoms with Gasteiger partial charge in [0.25, 0.3) is 5.91 Å². The molecule has 1 aromatic heterocycles. The maximum Gasteiger partial charge on any atom is 0.332 e. The van der Waals surface area contributed by atoms with Gasteiger partial charge in [0.2, 0.25) is 0 Å². The van der Waals surface area contributed by atoms with Gasteiger partial charge in [-0.15, -0.1) is 0 Å². The highest BCUT2D eigenvalue weighted by atomic mass is 16.4. The Balaban J connectivity index is 1.94. The highest BCUT2D eigenvalue weighted by Crippen LogP contribution is 2.12. The number of amides is 1. The maximum absolute atomic E-state index is 11.8. The van der Waals surface area contributed by atoms with Crippen molar-refractivity contribution in [3.63, 3.8) is 0 Å². The van der Waals surface area contributed by atoms with Crippen LogP contribution in [0.25, 0.3) is 10.9 Å². The number of nitrogens with one attached hydrogen (secondary N) is 2. The average molecular weight is 263 g/mol. The standard InChI is InChI=1S/C12H13N3O4/c16-10(12(18)19)3-4-13-11(17)7-1-2-8-6-14-15-9(8)5-7/h1-2,5-6,10,16H,3-4H2,(H,13,17)(H,14,15)(H,18,19)/t10-/m0/s1. The van der Waals surface area contributed by atoms with Crippen LogP contribution in [0.1, 0.15) is 16.8 Å². The fourth-order valence-electron chi connectivity index (χ4n) is 1.63. The fraction of sp³-hybridized carbons (Fsp3) is 0.250. The topological polar surface area (TPSA) is 115 Å². The van der Waals surface area contributed by atoms with Gasteiger partial charge in [0, 0.05) is 23.9 Å². The molecule has 0 aliphatic heterocycles. The van der Waals surface area contributed by atoms with Crippen LogP contribution in [0.15, 0.2) is 24.4 Å². The van der Waals surface area contributed by atoms with Gasteiger partial charge in [0.05, 0.1) is 11.7 Å². The van der Waals surface area contributed by atoms with Gasteiger partial charge in [-0.2, -0.15) is 5.10 Å². The van der Waals surface area contributed by atoms with Crippen molar-refractivity contribution in [1.29, 1.82) is 0 Å². The SMILES string of the molecule is O=C(NCC[C@H](O)C(=O)O)c1ccc2cn[nH]c2c1. The Bertz CT molecular complexity index is 608. The van der Waals surface area contributed by atoms with Crippen molar-refractivity contribution in [2.45, 2.75) is 12.5 Å². The van der Waals surface area contributed by atoms with E-state index in [1.807, 2.05) is 0 Å². The van der Waals surface area contributed by atoms with Crippen molar-refractivity contribution in [3.8, 4) is 0 Å². The molecule has 1 amide bonds. The predicted octanol–water partition coefficient (Wildman–Crippen LogP) is 0.128. The fourth-order valence-corrected chi connectivity index (χ4v) is 1.63. The number of carboxylic acid groups (broad SMARTS) is 1. The number of aliphatic carboxylic acids is 1. The first-order valence-corrected chi connectivity index (χ1v) is 5.70. The van der Waals surface area contributed by atoms with Gasteiger partial charge in [0.1, 0.15) is 0 Å². The Kier molecular flexibility index (Phi) is 3.76. The number of hydrogen-bond donors (Lipinski definition) is 4. The van der Waals surface area contributed by atoms with Gasteiger partial charge in [-0.3, -0.25) is 9.89 Å². The number of carbonyl (C=O) groups excluding carboxylic acids is 1. The summed E-state index contributed by atoms with van der Waals surface area (Å²) >= 11 is 0. The summed E-state index contributed by atoms with van der Waals surface area (Å²) in [6, 6.07) is 5.08. The van der Waals surface area contributed by atoms with Crippen LogP contribution in [-0.2, 0) is 4.79 Å². The normalized spacial score (nSPS) is 12.3. The zero-order valence-electron chi connectivity index (χ0n) is 9.96. The molecular formula is C12H13N3O4. The van der Waals surface area contributed by atoms with Crippen LogP contribution in [0, 0.1) is 0 Å². The van der Waals surface area contributed by atoms with E-state index in [2.05, 4.69) is 15.5 Å². The summed E-state index contributed by atoms with van der Waals surface area (Å²) in [5.41, 5.74) is 1.19. The molecule has 19 heavy (non-hydrogen) atoms. The number of fused-ring (bicyclic) bond motifs is 1. The first-order chi connectivity index (χ1) is 9.08. The van der Waals surface area contributed by atoms with E-state index in [9.17, 15) is 9.59 Å². The Morgan fingerprint density at radius 2 is 2.21 bits per heavy atom. The number of benzene rings is 1. The van der Waals surface area contributed by atoms with E-state index >= 15 is 0 Å². The van der Waals surface area contributed by atoms with E-state index in [0.29, 0.717) is 5.56 Å².